The van der Waals surface area contributed by atoms with Crippen LogP contribution in [0.25, 0.3) is 0 Å². The van der Waals surface area contributed by atoms with E-state index in [9.17, 15) is 17.2 Å². The number of hydrogen-bond acceptors (Lipinski definition) is 4. The number of nitrogens with zero attached hydrogens (tertiary/aromatic N) is 1. The molecule has 1 aliphatic carbocycles. The minimum Gasteiger partial charge on any atom is -0.491 e. The van der Waals surface area contributed by atoms with E-state index in [4.69, 9.17) is 0 Å². The lowest BCUT2D eigenvalue weighted by Crippen LogP contribution is -2.15. The van der Waals surface area contributed by atoms with Gasteiger partial charge in [0.05, 0.1) is 12.0 Å². The molecule has 1 aromatic carbocycles. The van der Waals surface area contributed by atoms with Gasteiger partial charge in [0, 0.05) is 11.6 Å². The van der Waals surface area contributed by atoms with Gasteiger partial charge >= 0.3 is 0 Å². The number of rotatable bonds is 5. The van der Waals surface area contributed by atoms with Gasteiger partial charge in [0.2, 0.25) is 0 Å². The van der Waals surface area contributed by atoms with E-state index < -0.39 is 32.3 Å². The molecule has 1 saturated carbocycles. The van der Waals surface area contributed by atoms with E-state index in [1.165, 1.54) is 6.07 Å². The standard InChI is InChI=1S/C15H14F2N2O3S/c1-22-15-11(16)7-10(8-12(15)17)23(20,21)19-14-4-2-3-13(18-14)9-5-6-9/h2-4,7-9H,5-6H2,1H3,(H,18,19). The molecule has 1 aromatic heterocycles. The maximum atomic E-state index is 13.7. The highest BCUT2D eigenvalue weighted by Crippen LogP contribution is 2.39. The van der Waals surface area contributed by atoms with Crippen molar-refractivity contribution in [2.24, 2.45) is 0 Å². The van der Waals surface area contributed by atoms with Crippen molar-refractivity contribution in [1.82, 2.24) is 4.98 Å². The number of anilines is 1. The Kier molecular flexibility index (Phi) is 3.93. The van der Waals surface area contributed by atoms with Crippen LogP contribution < -0.4 is 9.46 Å². The average Bonchev–Trinajstić information content (AvgIpc) is 3.31. The number of nitrogens with one attached hydrogen (secondary N) is 1. The highest BCUT2D eigenvalue weighted by atomic mass is 32.2. The predicted molar refractivity (Wildman–Crippen MR) is 79.9 cm³/mol. The van der Waals surface area contributed by atoms with Crippen molar-refractivity contribution in [3.63, 3.8) is 0 Å². The third-order valence-corrected chi connectivity index (χ3v) is 4.83. The first-order valence-corrected chi connectivity index (χ1v) is 8.42. The van der Waals surface area contributed by atoms with Gasteiger partial charge in [-0.15, -0.1) is 0 Å². The summed E-state index contributed by atoms with van der Waals surface area (Å²) in [5.41, 5.74) is 0.803. The Morgan fingerprint density at radius 1 is 1.22 bits per heavy atom. The van der Waals surface area contributed by atoms with Gasteiger partial charge in [0.1, 0.15) is 5.82 Å². The quantitative estimate of drug-likeness (QED) is 0.908. The van der Waals surface area contributed by atoms with Crippen molar-refractivity contribution in [1.29, 1.82) is 0 Å². The molecule has 1 fully saturated rings. The average molecular weight is 340 g/mol. The van der Waals surface area contributed by atoms with Crippen molar-refractivity contribution >= 4 is 15.8 Å². The summed E-state index contributed by atoms with van der Waals surface area (Å²) in [6, 6.07) is 6.40. The SMILES string of the molecule is COc1c(F)cc(S(=O)(=O)Nc2cccc(C3CC3)n2)cc1F. The summed E-state index contributed by atoms with van der Waals surface area (Å²) in [7, 11) is -3.05. The van der Waals surface area contributed by atoms with Crippen molar-refractivity contribution in [3.8, 4) is 5.75 Å². The summed E-state index contributed by atoms with van der Waals surface area (Å²) in [5, 5.41) is 0. The van der Waals surface area contributed by atoms with Crippen LogP contribution in [-0.2, 0) is 10.0 Å². The lowest BCUT2D eigenvalue weighted by molar-refractivity contribution is 0.358. The highest BCUT2D eigenvalue weighted by molar-refractivity contribution is 7.92. The zero-order chi connectivity index (χ0) is 16.6. The second kappa shape index (κ2) is 5.77. The van der Waals surface area contributed by atoms with Gasteiger partial charge in [-0.05, 0) is 37.1 Å². The fourth-order valence-corrected chi connectivity index (χ4v) is 3.22. The zero-order valence-electron chi connectivity index (χ0n) is 12.2. The van der Waals surface area contributed by atoms with E-state index in [-0.39, 0.29) is 5.82 Å². The molecule has 0 unspecified atom stereocenters. The molecular formula is C15H14F2N2O3S. The van der Waals surface area contributed by atoms with E-state index in [2.05, 4.69) is 14.4 Å². The molecule has 23 heavy (non-hydrogen) atoms. The Morgan fingerprint density at radius 3 is 2.43 bits per heavy atom. The number of sulfonamides is 1. The maximum Gasteiger partial charge on any atom is 0.263 e. The van der Waals surface area contributed by atoms with Gasteiger partial charge in [-0.3, -0.25) is 4.72 Å². The highest BCUT2D eigenvalue weighted by Gasteiger charge is 2.26. The lowest BCUT2D eigenvalue weighted by atomic mass is 10.2. The Labute approximate surface area is 132 Å². The van der Waals surface area contributed by atoms with Crippen molar-refractivity contribution in [2.45, 2.75) is 23.7 Å². The minimum atomic E-state index is -4.15. The van der Waals surface area contributed by atoms with Gasteiger partial charge in [-0.2, -0.15) is 0 Å². The first-order valence-electron chi connectivity index (χ1n) is 6.93. The summed E-state index contributed by atoms with van der Waals surface area (Å²) in [5.74, 6) is -2.33. The molecule has 0 radical (unpaired) electrons. The third kappa shape index (κ3) is 3.26. The van der Waals surface area contributed by atoms with Crippen LogP contribution in [0.1, 0.15) is 24.5 Å². The van der Waals surface area contributed by atoms with E-state index in [1.54, 1.807) is 6.07 Å². The molecule has 0 amide bonds. The molecule has 1 N–H and O–H groups in total. The molecule has 3 rings (SSSR count). The second-order valence-electron chi connectivity index (χ2n) is 5.25. The van der Waals surface area contributed by atoms with Gasteiger partial charge in [-0.25, -0.2) is 22.2 Å². The maximum absolute atomic E-state index is 13.7. The Bertz CT molecular complexity index is 829. The summed E-state index contributed by atoms with van der Waals surface area (Å²) in [6.07, 6.45) is 2.05. The second-order valence-corrected chi connectivity index (χ2v) is 6.93. The van der Waals surface area contributed by atoms with Crippen LogP contribution in [0.15, 0.2) is 35.2 Å². The van der Waals surface area contributed by atoms with Gasteiger partial charge < -0.3 is 4.74 Å². The van der Waals surface area contributed by atoms with Gasteiger partial charge in [-0.1, -0.05) is 6.07 Å². The molecule has 0 saturated heterocycles. The largest absolute Gasteiger partial charge is 0.491 e. The van der Waals surface area contributed by atoms with Crippen molar-refractivity contribution in [3.05, 3.63) is 47.7 Å². The number of benzene rings is 1. The molecule has 1 heterocycles. The van der Waals surface area contributed by atoms with Crippen LogP contribution >= 0.6 is 0 Å². The fourth-order valence-electron chi connectivity index (χ4n) is 2.20. The van der Waals surface area contributed by atoms with Gasteiger partial charge in [0.15, 0.2) is 17.4 Å². The molecule has 8 heteroatoms. The minimum absolute atomic E-state index is 0.117. The molecule has 122 valence electrons. The first-order chi connectivity index (χ1) is 10.9. The zero-order valence-corrected chi connectivity index (χ0v) is 13.0. The molecule has 0 spiro atoms. The fraction of sp³-hybridized carbons (Fsp3) is 0.267. The summed E-state index contributed by atoms with van der Waals surface area (Å²) >= 11 is 0. The molecule has 5 nitrogen and oxygen atoms in total. The van der Waals surface area contributed by atoms with Gasteiger partial charge in [0.25, 0.3) is 10.0 Å². The third-order valence-electron chi connectivity index (χ3n) is 3.49. The van der Waals surface area contributed by atoms with Crippen LogP contribution in [0.5, 0.6) is 5.75 Å². The molecule has 2 aromatic rings. The monoisotopic (exact) mass is 340 g/mol. The van der Waals surface area contributed by atoms with Crippen LogP contribution in [0.4, 0.5) is 14.6 Å². The number of methoxy groups -OCH3 is 1. The summed E-state index contributed by atoms with van der Waals surface area (Å²) < 4.78 is 58.7. The van der Waals surface area contributed by atoms with E-state index in [0.717, 1.165) is 25.6 Å². The smallest absolute Gasteiger partial charge is 0.263 e. The van der Waals surface area contributed by atoms with Crippen LogP contribution in [0.3, 0.4) is 0 Å². The number of aromatic nitrogens is 1. The molecule has 0 atom stereocenters. The Balaban J connectivity index is 1.91. The van der Waals surface area contributed by atoms with Crippen LogP contribution in [-0.4, -0.2) is 20.5 Å². The first kappa shape index (κ1) is 15.7. The van der Waals surface area contributed by atoms with Crippen molar-refractivity contribution < 1.29 is 21.9 Å². The van der Waals surface area contributed by atoms with Crippen LogP contribution in [0, 0.1) is 11.6 Å². The van der Waals surface area contributed by atoms with E-state index >= 15 is 0 Å². The summed E-state index contributed by atoms with van der Waals surface area (Å²) in [6.45, 7) is 0. The normalized spacial score (nSPS) is 14.6. The number of halogens is 2. The van der Waals surface area contributed by atoms with E-state index in [1.807, 2.05) is 6.07 Å². The number of hydrogen-bond donors (Lipinski definition) is 1. The topological polar surface area (TPSA) is 68.3 Å². The molecular weight excluding hydrogens is 326 g/mol. The van der Waals surface area contributed by atoms with Crippen LogP contribution in [0.2, 0.25) is 0 Å². The van der Waals surface area contributed by atoms with E-state index in [0.29, 0.717) is 18.1 Å². The Morgan fingerprint density at radius 2 is 1.87 bits per heavy atom. The Hall–Kier alpha value is -2.22. The van der Waals surface area contributed by atoms with Crippen molar-refractivity contribution in [2.75, 3.05) is 11.8 Å². The molecule has 1 aliphatic rings. The predicted octanol–water partition coefficient (Wildman–Crippen LogP) is 3.05. The lowest BCUT2D eigenvalue weighted by Gasteiger charge is -2.10. The number of pyridine rings is 1. The summed E-state index contributed by atoms with van der Waals surface area (Å²) in [4.78, 5) is 3.69. The molecule has 0 bridgehead atoms. The number of ether oxygens (including phenoxy) is 1. The molecule has 0 aliphatic heterocycles.